The van der Waals surface area contributed by atoms with Crippen LogP contribution < -0.4 is 0 Å². The number of rotatable bonds is 3. The Morgan fingerprint density at radius 3 is 3.08 bits per heavy atom. The zero-order chi connectivity index (χ0) is 8.97. The van der Waals surface area contributed by atoms with Gasteiger partial charge in [-0.1, -0.05) is 0 Å². The largest absolute Gasteiger partial charge is 0.282 e. The normalized spacial score (nSPS) is 9.83. The van der Waals surface area contributed by atoms with Gasteiger partial charge in [0.05, 0.1) is 13.5 Å². The van der Waals surface area contributed by atoms with Crippen LogP contribution in [0.2, 0.25) is 0 Å². The summed E-state index contributed by atoms with van der Waals surface area (Å²) in [6, 6.07) is 1.75. The molecule has 1 amide bonds. The second-order valence-corrected chi connectivity index (χ2v) is 2.33. The third kappa shape index (κ3) is 2.06. The van der Waals surface area contributed by atoms with E-state index in [0.29, 0.717) is 0 Å². The molecule has 5 heteroatoms. The molecule has 0 fully saturated rings. The smallest absolute Gasteiger partial charge is 0.251 e. The van der Waals surface area contributed by atoms with E-state index >= 15 is 0 Å². The first-order valence-corrected chi connectivity index (χ1v) is 3.53. The van der Waals surface area contributed by atoms with Gasteiger partial charge < -0.3 is 0 Å². The van der Waals surface area contributed by atoms with Gasteiger partial charge in [-0.25, -0.2) is 5.06 Å². The van der Waals surface area contributed by atoms with E-state index in [4.69, 9.17) is 4.84 Å². The average molecular weight is 169 g/mol. The fourth-order valence-corrected chi connectivity index (χ4v) is 0.759. The Kier molecular flexibility index (Phi) is 2.82. The first-order valence-electron chi connectivity index (χ1n) is 3.53. The van der Waals surface area contributed by atoms with Crippen molar-refractivity contribution in [3.05, 3.63) is 18.0 Å². The molecule has 5 nitrogen and oxygen atoms in total. The van der Waals surface area contributed by atoms with E-state index < -0.39 is 0 Å². The summed E-state index contributed by atoms with van der Waals surface area (Å²) in [5.41, 5.74) is 0.781. The molecule has 1 heterocycles. The van der Waals surface area contributed by atoms with Gasteiger partial charge in [-0.2, -0.15) is 5.10 Å². The van der Waals surface area contributed by atoms with Gasteiger partial charge >= 0.3 is 0 Å². The highest BCUT2D eigenvalue weighted by atomic mass is 16.7. The number of amides is 1. The van der Waals surface area contributed by atoms with Crippen LogP contribution in [0.15, 0.2) is 12.3 Å². The molecule has 12 heavy (non-hydrogen) atoms. The van der Waals surface area contributed by atoms with Crippen LogP contribution in [-0.2, 0) is 16.1 Å². The Balaban J connectivity index is 2.47. The van der Waals surface area contributed by atoms with Crippen LogP contribution in [0.3, 0.4) is 0 Å². The first-order chi connectivity index (χ1) is 5.74. The number of carbonyl (C=O) groups excluding carboxylic acids is 1. The molecular weight excluding hydrogens is 158 g/mol. The molecule has 0 unspecified atom stereocenters. The molecule has 1 aromatic rings. The standard InChI is InChI=1S/C7H11N3O2/c1-10(12-2)7(11)5-6-3-4-8-9-6/h3-4H,5H2,1-2H3,(H,8,9). The molecule has 1 N–H and O–H groups in total. The van der Waals surface area contributed by atoms with Crippen molar-refractivity contribution in [1.29, 1.82) is 0 Å². The second kappa shape index (κ2) is 3.87. The summed E-state index contributed by atoms with van der Waals surface area (Å²) < 4.78 is 0. The zero-order valence-electron chi connectivity index (χ0n) is 7.07. The molecule has 0 atom stereocenters. The monoisotopic (exact) mass is 169 g/mol. The SMILES string of the molecule is CON(C)C(=O)Cc1ccn[nH]1. The van der Waals surface area contributed by atoms with Gasteiger partial charge in [0.15, 0.2) is 0 Å². The molecule has 1 aromatic heterocycles. The molecule has 0 aliphatic carbocycles. The number of hydrogen-bond acceptors (Lipinski definition) is 3. The van der Waals surface area contributed by atoms with Gasteiger partial charge in [-0.15, -0.1) is 0 Å². The highest BCUT2D eigenvalue weighted by molar-refractivity contribution is 5.76. The van der Waals surface area contributed by atoms with Crippen molar-refractivity contribution in [2.75, 3.05) is 14.2 Å². The van der Waals surface area contributed by atoms with Crippen molar-refractivity contribution in [3.63, 3.8) is 0 Å². The summed E-state index contributed by atoms with van der Waals surface area (Å²) in [6.45, 7) is 0. The minimum Gasteiger partial charge on any atom is -0.282 e. The molecule has 0 spiro atoms. The lowest BCUT2D eigenvalue weighted by atomic mass is 10.3. The molecule has 66 valence electrons. The topological polar surface area (TPSA) is 58.2 Å². The molecule has 0 aromatic carbocycles. The highest BCUT2D eigenvalue weighted by Crippen LogP contribution is 1.96. The molecule has 1 rings (SSSR count). The van der Waals surface area contributed by atoms with Crippen molar-refractivity contribution in [2.24, 2.45) is 0 Å². The molecule has 0 saturated carbocycles. The van der Waals surface area contributed by atoms with Crippen molar-refractivity contribution >= 4 is 5.91 Å². The summed E-state index contributed by atoms with van der Waals surface area (Å²) in [5, 5.41) is 7.60. The molecular formula is C7H11N3O2. The minimum atomic E-state index is -0.109. The first kappa shape index (κ1) is 8.73. The molecule has 0 saturated heterocycles. The lowest BCUT2D eigenvalue weighted by Crippen LogP contribution is -2.27. The molecule has 0 aliphatic heterocycles. The van der Waals surface area contributed by atoms with Crippen molar-refractivity contribution in [3.8, 4) is 0 Å². The van der Waals surface area contributed by atoms with Crippen LogP contribution in [-0.4, -0.2) is 35.3 Å². The van der Waals surface area contributed by atoms with Gasteiger partial charge in [0.1, 0.15) is 0 Å². The van der Waals surface area contributed by atoms with Crippen LogP contribution in [0.25, 0.3) is 0 Å². The molecule has 0 radical (unpaired) electrons. The van der Waals surface area contributed by atoms with Crippen LogP contribution >= 0.6 is 0 Å². The second-order valence-electron chi connectivity index (χ2n) is 2.33. The van der Waals surface area contributed by atoms with Gasteiger partial charge in [-0.3, -0.25) is 14.7 Å². The third-order valence-electron chi connectivity index (χ3n) is 1.53. The number of likely N-dealkylation sites (N-methyl/N-ethyl adjacent to an activating group) is 1. The number of aromatic nitrogens is 2. The maximum Gasteiger partial charge on any atom is 0.251 e. The Bertz CT molecular complexity index is 245. The fourth-order valence-electron chi connectivity index (χ4n) is 0.759. The zero-order valence-corrected chi connectivity index (χ0v) is 7.07. The Morgan fingerprint density at radius 2 is 2.58 bits per heavy atom. The molecule has 0 bridgehead atoms. The summed E-state index contributed by atoms with van der Waals surface area (Å²) in [5.74, 6) is -0.109. The summed E-state index contributed by atoms with van der Waals surface area (Å²) in [7, 11) is 3.02. The Hall–Kier alpha value is -1.36. The third-order valence-corrected chi connectivity index (χ3v) is 1.53. The maximum atomic E-state index is 11.2. The van der Waals surface area contributed by atoms with E-state index in [1.165, 1.54) is 12.2 Å². The summed E-state index contributed by atoms with van der Waals surface area (Å²) >= 11 is 0. The summed E-state index contributed by atoms with van der Waals surface area (Å²) in [6.07, 6.45) is 1.89. The van der Waals surface area contributed by atoms with E-state index in [2.05, 4.69) is 10.2 Å². The number of hydroxylamine groups is 2. The van der Waals surface area contributed by atoms with Crippen LogP contribution in [0.1, 0.15) is 5.69 Å². The number of nitrogens with one attached hydrogen (secondary N) is 1. The van der Waals surface area contributed by atoms with Gasteiger partial charge in [0.25, 0.3) is 5.91 Å². The quantitative estimate of drug-likeness (QED) is 0.646. The highest BCUT2D eigenvalue weighted by Gasteiger charge is 2.08. The lowest BCUT2D eigenvalue weighted by molar-refractivity contribution is -0.167. The van der Waals surface area contributed by atoms with Crippen LogP contribution in [0.4, 0.5) is 0 Å². The minimum absolute atomic E-state index is 0.109. The fraction of sp³-hybridized carbons (Fsp3) is 0.429. The predicted octanol–water partition coefficient (Wildman–Crippen LogP) is -0.0280. The predicted molar refractivity (Wildman–Crippen MR) is 42.1 cm³/mol. The number of aromatic amines is 1. The average Bonchev–Trinajstić information content (AvgIpc) is 2.55. The van der Waals surface area contributed by atoms with Crippen molar-refractivity contribution in [1.82, 2.24) is 15.3 Å². The van der Waals surface area contributed by atoms with E-state index in [1.807, 2.05) is 0 Å². The maximum absolute atomic E-state index is 11.2. The van der Waals surface area contributed by atoms with Gasteiger partial charge in [-0.05, 0) is 6.07 Å². The lowest BCUT2D eigenvalue weighted by Gasteiger charge is -2.12. The Labute approximate surface area is 70.3 Å². The van der Waals surface area contributed by atoms with E-state index in [1.54, 1.807) is 19.3 Å². The van der Waals surface area contributed by atoms with Gasteiger partial charge in [0.2, 0.25) is 0 Å². The van der Waals surface area contributed by atoms with E-state index in [0.717, 1.165) is 5.69 Å². The van der Waals surface area contributed by atoms with Crippen molar-refractivity contribution < 1.29 is 9.63 Å². The number of H-pyrrole nitrogens is 1. The number of nitrogens with zero attached hydrogens (tertiary/aromatic N) is 2. The summed E-state index contributed by atoms with van der Waals surface area (Å²) in [4.78, 5) is 15.9. The van der Waals surface area contributed by atoms with Gasteiger partial charge in [0, 0.05) is 18.9 Å². The van der Waals surface area contributed by atoms with E-state index in [-0.39, 0.29) is 12.3 Å². The van der Waals surface area contributed by atoms with E-state index in [9.17, 15) is 4.79 Å². The van der Waals surface area contributed by atoms with Crippen molar-refractivity contribution in [2.45, 2.75) is 6.42 Å². The Morgan fingerprint density at radius 1 is 1.83 bits per heavy atom. The van der Waals surface area contributed by atoms with Crippen LogP contribution in [0.5, 0.6) is 0 Å². The number of carbonyl (C=O) groups is 1. The van der Waals surface area contributed by atoms with Crippen LogP contribution in [0, 0.1) is 0 Å². The number of hydrogen-bond donors (Lipinski definition) is 1. The molecule has 0 aliphatic rings.